The molecule has 7 rings (SSSR count). The molecule has 2 unspecified atom stereocenters. The number of hydrogen-bond donors (Lipinski definition) is 2. The molecule has 2 bridgehead atoms. The number of aromatic nitrogens is 2. The largest absolute Gasteiger partial charge is 0.388 e. The van der Waals surface area contributed by atoms with Crippen molar-refractivity contribution >= 4 is 16.5 Å². The highest BCUT2D eigenvalue weighted by Gasteiger charge is 2.74. The number of aliphatic hydroxyl groups is 2. The van der Waals surface area contributed by atoms with Crippen LogP contribution in [-0.4, -0.2) is 74.3 Å². The predicted octanol–water partition coefficient (Wildman–Crippen LogP) is 3.83. The fraction of sp³-hybridized carbons (Fsp3) is 0.586. The number of aliphatic hydroxyl groups excluding tert-OH is 2. The molecule has 36 heavy (non-hydrogen) atoms. The number of nitrogens with zero attached hydrogens (tertiary/aromatic N) is 3. The van der Waals surface area contributed by atoms with Crippen molar-refractivity contribution in [2.45, 2.75) is 80.6 Å². The van der Waals surface area contributed by atoms with E-state index in [4.69, 9.17) is 4.74 Å². The molecule has 5 aliphatic rings. The Bertz CT molecular complexity index is 1330. The van der Waals surface area contributed by atoms with E-state index in [0.29, 0.717) is 37.7 Å². The van der Waals surface area contributed by atoms with Crippen molar-refractivity contribution in [3.8, 4) is 0 Å². The molecule has 6 nitrogen and oxygen atoms in total. The highest BCUT2D eigenvalue weighted by molar-refractivity contribution is 5.84. The van der Waals surface area contributed by atoms with Crippen LogP contribution in [0.4, 0.5) is 4.39 Å². The van der Waals surface area contributed by atoms with Gasteiger partial charge in [-0.3, -0.25) is 0 Å². The second kappa shape index (κ2) is 7.22. The lowest BCUT2D eigenvalue weighted by atomic mass is 9.53. The molecular weight excluding hydrogens is 457 g/mol. The molecule has 2 N–H and O–H groups in total. The third-order valence-electron chi connectivity index (χ3n) is 10.5. The quantitative estimate of drug-likeness (QED) is 0.622. The van der Waals surface area contributed by atoms with Crippen LogP contribution in [0.2, 0.25) is 0 Å². The van der Waals surface area contributed by atoms with Gasteiger partial charge < -0.3 is 19.8 Å². The fourth-order valence-electron chi connectivity index (χ4n) is 8.58. The summed E-state index contributed by atoms with van der Waals surface area (Å²) < 4.78 is 24.1. The highest BCUT2D eigenvalue weighted by Crippen LogP contribution is 2.71. The smallest absolute Gasteiger partial charge is 0.158 e. The zero-order valence-electron chi connectivity index (χ0n) is 21.1. The number of alkyl halides is 1. The average molecular weight is 492 g/mol. The third-order valence-corrected chi connectivity index (χ3v) is 10.5. The van der Waals surface area contributed by atoms with Crippen molar-refractivity contribution in [3.05, 3.63) is 54.0 Å². The summed E-state index contributed by atoms with van der Waals surface area (Å²) in [5, 5.41) is 23.0. The Morgan fingerprint density at radius 2 is 1.97 bits per heavy atom. The molecular formula is C29H34FN3O3. The topological polar surface area (TPSA) is 78.7 Å². The Morgan fingerprint density at radius 1 is 1.14 bits per heavy atom. The van der Waals surface area contributed by atoms with Gasteiger partial charge in [-0.25, -0.2) is 14.4 Å². The molecule has 1 aromatic carbocycles. The van der Waals surface area contributed by atoms with E-state index in [9.17, 15) is 10.2 Å². The van der Waals surface area contributed by atoms with Crippen LogP contribution in [0.5, 0.6) is 0 Å². The van der Waals surface area contributed by atoms with Crippen LogP contribution in [0.25, 0.3) is 16.5 Å². The van der Waals surface area contributed by atoms with E-state index in [1.165, 1.54) is 5.57 Å². The van der Waals surface area contributed by atoms with Crippen LogP contribution in [0.3, 0.4) is 0 Å². The normalized spacial score (nSPS) is 45.2. The highest BCUT2D eigenvalue weighted by atomic mass is 19.1. The van der Waals surface area contributed by atoms with E-state index in [-0.39, 0.29) is 17.4 Å². The molecule has 1 saturated heterocycles. The summed E-state index contributed by atoms with van der Waals surface area (Å²) in [6.45, 7) is 2.28. The summed E-state index contributed by atoms with van der Waals surface area (Å²) in [4.78, 5) is 10.5. The van der Waals surface area contributed by atoms with Gasteiger partial charge in [0.2, 0.25) is 0 Å². The number of halogens is 1. The minimum absolute atomic E-state index is 0.000411. The lowest BCUT2D eigenvalue weighted by molar-refractivity contribution is -0.239. The van der Waals surface area contributed by atoms with E-state index < -0.39 is 29.1 Å². The first-order valence-corrected chi connectivity index (χ1v) is 13.2. The molecule has 3 fully saturated rings. The van der Waals surface area contributed by atoms with Gasteiger partial charge in [-0.05, 0) is 93.0 Å². The van der Waals surface area contributed by atoms with Crippen molar-refractivity contribution in [2.75, 3.05) is 14.1 Å². The molecule has 7 heteroatoms. The van der Waals surface area contributed by atoms with Gasteiger partial charge in [0.25, 0.3) is 0 Å². The monoisotopic (exact) mass is 491 g/mol. The van der Waals surface area contributed by atoms with Gasteiger partial charge in [0, 0.05) is 23.5 Å². The Labute approximate surface area is 210 Å². The second-order valence-electron chi connectivity index (χ2n) is 12.2. The van der Waals surface area contributed by atoms with E-state index in [2.05, 4.69) is 35.1 Å². The van der Waals surface area contributed by atoms with Crippen molar-refractivity contribution < 1.29 is 19.3 Å². The zero-order chi connectivity index (χ0) is 25.1. The minimum atomic E-state index is -1.65. The van der Waals surface area contributed by atoms with Crippen molar-refractivity contribution in [1.82, 2.24) is 14.9 Å². The number of likely N-dealkylation sites (N-methyl/N-ethyl adjacent to an activating group) is 1. The lowest BCUT2D eigenvalue weighted by Crippen LogP contribution is -2.68. The molecule has 0 amide bonds. The van der Waals surface area contributed by atoms with E-state index in [1.54, 1.807) is 12.4 Å². The molecule has 8 atom stereocenters. The minimum Gasteiger partial charge on any atom is -0.388 e. The van der Waals surface area contributed by atoms with Crippen LogP contribution in [-0.2, 0) is 4.74 Å². The fourth-order valence-corrected chi connectivity index (χ4v) is 8.58. The molecule has 190 valence electrons. The van der Waals surface area contributed by atoms with Gasteiger partial charge in [-0.2, -0.15) is 0 Å². The zero-order valence-corrected chi connectivity index (χ0v) is 21.1. The summed E-state index contributed by atoms with van der Waals surface area (Å²) in [7, 11) is 3.83. The van der Waals surface area contributed by atoms with Gasteiger partial charge in [0.05, 0.1) is 17.2 Å². The van der Waals surface area contributed by atoms with Crippen LogP contribution in [0.15, 0.2) is 48.4 Å². The first kappa shape index (κ1) is 23.0. The molecule has 2 aliphatic heterocycles. The summed E-state index contributed by atoms with van der Waals surface area (Å²) in [6.07, 6.45) is 9.00. The van der Waals surface area contributed by atoms with Crippen LogP contribution in [0, 0.1) is 11.3 Å². The Morgan fingerprint density at radius 3 is 2.78 bits per heavy atom. The standard InChI is InChI=1S/C29H34FN3O3/c1-26-8-10-28(30)13-20-24(34)25(35)22(33(2)3)14-27(20)9-11-29(28,36-27)23(26)7-5-19(26)17-4-6-21-18(12-17)15-31-16-32-21/h4-6,12-13,15-16,22-25,34-35H,7-11,14H2,1-3H3/t22-,23?,24+,25+,26+,27+,28?,29-/m0/s1. The first-order valence-electron chi connectivity index (χ1n) is 13.2. The maximum absolute atomic E-state index is 17.1. The van der Waals surface area contributed by atoms with E-state index in [1.807, 2.05) is 31.3 Å². The summed E-state index contributed by atoms with van der Waals surface area (Å²) in [5.74, 6) is 0.000411. The first-order chi connectivity index (χ1) is 17.1. The number of fused-ring (bicyclic) bond motifs is 2. The molecule has 2 aromatic rings. The van der Waals surface area contributed by atoms with Gasteiger partial charge in [0.1, 0.15) is 18.0 Å². The van der Waals surface area contributed by atoms with Gasteiger partial charge >= 0.3 is 0 Å². The van der Waals surface area contributed by atoms with E-state index in [0.717, 1.165) is 22.9 Å². The summed E-state index contributed by atoms with van der Waals surface area (Å²) in [5.41, 5.74) is 0.368. The third kappa shape index (κ3) is 2.70. The van der Waals surface area contributed by atoms with Gasteiger partial charge in [0.15, 0.2) is 5.67 Å². The van der Waals surface area contributed by atoms with Crippen LogP contribution < -0.4 is 0 Å². The molecule has 2 spiro atoms. The number of hydrogen-bond acceptors (Lipinski definition) is 6. The lowest BCUT2D eigenvalue weighted by Gasteiger charge is -2.60. The molecule has 3 aliphatic carbocycles. The molecule has 1 aromatic heterocycles. The van der Waals surface area contributed by atoms with Gasteiger partial charge in [-0.15, -0.1) is 0 Å². The van der Waals surface area contributed by atoms with Crippen molar-refractivity contribution in [1.29, 1.82) is 0 Å². The van der Waals surface area contributed by atoms with Gasteiger partial charge in [-0.1, -0.05) is 19.1 Å². The van der Waals surface area contributed by atoms with E-state index >= 15 is 4.39 Å². The van der Waals surface area contributed by atoms with Crippen LogP contribution in [0.1, 0.15) is 51.0 Å². The Balaban J connectivity index is 1.30. The average Bonchev–Trinajstić information content (AvgIpc) is 3.39. The van der Waals surface area contributed by atoms with Crippen LogP contribution >= 0.6 is 0 Å². The number of ether oxygens (including phenoxy) is 1. The molecule has 2 saturated carbocycles. The summed E-state index contributed by atoms with van der Waals surface area (Å²) >= 11 is 0. The number of benzene rings is 1. The number of allylic oxidation sites excluding steroid dienone is 2. The Hall–Kier alpha value is -2.19. The summed E-state index contributed by atoms with van der Waals surface area (Å²) in [6, 6.07) is 6.07. The maximum atomic E-state index is 17.1. The SMILES string of the molecule is CN(C)[C@H]1C[C@@]23CC[C@]4(O2)C2CC=C(c5ccc6ncncc6c5)[C@@]2(C)CCC4(F)C=C3[C@@H](O)[C@@H]1O. The Kier molecular flexibility index (Phi) is 4.61. The maximum Gasteiger partial charge on any atom is 0.158 e. The predicted molar refractivity (Wildman–Crippen MR) is 135 cm³/mol. The molecule has 0 radical (unpaired) electrons. The molecule has 3 heterocycles. The van der Waals surface area contributed by atoms with Crippen molar-refractivity contribution in [2.24, 2.45) is 11.3 Å². The second-order valence-corrected chi connectivity index (χ2v) is 12.2. The van der Waals surface area contributed by atoms with Crippen molar-refractivity contribution in [3.63, 3.8) is 0 Å². The number of rotatable bonds is 2.